The van der Waals surface area contributed by atoms with Gasteiger partial charge in [0.2, 0.25) is 5.78 Å². The molecule has 0 atom stereocenters. The van der Waals surface area contributed by atoms with E-state index in [1.54, 1.807) is 37.3 Å². The van der Waals surface area contributed by atoms with Gasteiger partial charge in [0.15, 0.2) is 5.76 Å². The first-order chi connectivity index (χ1) is 14.1. The summed E-state index contributed by atoms with van der Waals surface area (Å²) in [6.45, 7) is 4.21. The molecule has 0 unspecified atom stereocenters. The second-order valence-corrected chi connectivity index (χ2v) is 7.34. The van der Waals surface area contributed by atoms with Crippen LogP contribution in [0.25, 0.3) is 6.08 Å². The van der Waals surface area contributed by atoms with E-state index in [9.17, 15) is 9.59 Å². The van der Waals surface area contributed by atoms with E-state index in [1.165, 1.54) is 11.3 Å². The van der Waals surface area contributed by atoms with Gasteiger partial charge in [0.25, 0.3) is 0 Å². The third-order valence-corrected chi connectivity index (χ3v) is 5.23. The van der Waals surface area contributed by atoms with Crippen LogP contribution < -0.4 is 14.2 Å². The molecule has 0 fully saturated rings. The fraction of sp³-hybridized carbons (Fsp3) is 0.130. The lowest BCUT2D eigenvalue weighted by Gasteiger charge is -2.07. The average molecular weight is 406 g/mol. The predicted octanol–water partition coefficient (Wildman–Crippen LogP) is 5.29. The summed E-state index contributed by atoms with van der Waals surface area (Å²) in [6, 6.07) is 14.2. The molecule has 1 aliphatic rings. The normalized spacial score (nSPS) is 13.9. The van der Waals surface area contributed by atoms with Crippen LogP contribution in [0.1, 0.15) is 38.1 Å². The van der Waals surface area contributed by atoms with Crippen LogP contribution in [0.2, 0.25) is 0 Å². The molecule has 146 valence electrons. The van der Waals surface area contributed by atoms with E-state index < -0.39 is 5.97 Å². The van der Waals surface area contributed by atoms with Crippen LogP contribution >= 0.6 is 11.3 Å². The Kier molecular flexibility index (Phi) is 5.18. The molecule has 0 saturated heterocycles. The van der Waals surface area contributed by atoms with Crippen LogP contribution in [0.4, 0.5) is 0 Å². The summed E-state index contributed by atoms with van der Waals surface area (Å²) in [5, 5.41) is 1.81. The molecular formula is C23H18O5S. The van der Waals surface area contributed by atoms with E-state index in [4.69, 9.17) is 14.2 Å². The largest absolute Gasteiger partial charge is 0.493 e. The van der Waals surface area contributed by atoms with E-state index in [1.807, 2.05) is 36.6 Å². The smallest absolute Gasteiger partial charge is 0.353 e. The fourth-order valence-electron chi connectivity index (χ4n) is 3.12. The molecule has 1 aromatic heterocycles. The zero-order chi connectivity index (χ0) is 20.4. The van der Waals surface area contributed by atoms with E-state index in [0.29, 0.717) is 39.9 Å². The van der Waals surface area contributed by atoms with Crippen LogP contribution in [0.15, 0.2) is 59.7 Å². The van der Waals surface area contributed by atoms with Crippen molar-refractivity contribution in [2.75, 3.05) is 6.61 Å². The maximum atomic E-state index is 12.9. The topological polar surface area (TPSA) is 61.8 Å². The lowest BCUT2D eigenvalue weighted by Crippen LogP contribution is -2.06. The third-order valence-electron chi connectivity index (χ3n) is 4.38. The summed E-state index contributed by atoms with van der Waals surface area (Å²) in [6.07, 6.45) is 1.67. The first kappa shape index (κ1) is 19.0. The molecule has 0 N–H and O–H groups in total. The van der Waals surface area contributed by atoms with Crippen molar-refractivity contribution in [2.45, 2.75) is 13.8 Å². The highest BCUT2D eigenvalue weighted by Crippen LogP contribution is 2.38. The number of benzene rings is 2. The van der Waals surface area contributed by atoms with Crippen molar-refractivity contribution >= 4 is 29.2 Å². The number of thiophene rings is 1. The molecule has 4 rings (SSSR count). The Labute approximate surface area is 172 Å². The zero-order valence-electron chi connectivity index (χ0n) is 15.9. The number of esters is 1. The van der Waals surface area contributed by atoms with Gasteiger partial charge in [-0.25, -0.2) is 4.79 Å². The highest BCUT2D eigenvalue weighted by atomic mass is 32.1. The van der Waals surface area contributed by atoms with Crippen molar-refractivity contribution in [1.29, 1.82) is 0 Å². The van der Waals surface area contributed by atoms with Gasteiger partial charge in [-0.05, 0) is 49.1 Å². The van der Waals surface area contributed by atoms with Crippen molar-refractivity contribution < 1.29 is 23.8 Å². The standard InChI is InChI=1S/C23H18O5S/c1-3-26-17-8-5-4-7-15(17)12-19-22(24)21-14(2)11-16(13-18(21)28-19)27-23(25)20-9-6-10-29-20/h4-13H,3H2,1-2H3/b19-12-. The molecule has 29 heavy (non-hydrogen) atoms. The van der Waals surface area contributed by atoms with Gasteiger partial charge < -0.3 is 14.2 Å². The Bertz CT molecular complexity index is 1110. The van der Waals surface area contributed by atoms with Crippen molar-refractivity contribution in [3.63, 3.8) is 0 Å². The SMILES string of the molecule is CCOc1ccccc1/C=C1\Oc2cc(OC(=O)c3cccs3)cc(C)c2C1=O. The number of carbonyl (C=O) groups is 2. The van der Waals surface area contributed by atoms with Crippen molar-refractivity contribution in [1.82, 2.24) is 0 Å². The van der Waals surface area contributed by atoms with Gasteiger partial charge in [-0.15, -0.1) is 11.3 Å². The van der Waals surface area contributed by atoms with Gasteiger partial charge in [0.1, 0.15) is 22.1 Å². The van der Waals surface area contributed by atoms with Crippen LogP contribution in [0.5, 0.6) is 17.2 Å². The number of Topliss-reactive ketones (excluding diaryl/α,β-unsaturated/α-hetero) is 1. The number of hydrogen-bond donors (Lipinski definition) is 0. The summed E-state index contributed by atoms with van der Waals surface area (Å²) in [7, 11) is 0. The highest BCUT2D eigenvalue weighted by molar-refractivity contribution is 7.12. The molecule has 3 aromatic rings. The molecule has 5 nitrogen and oxygen atoms in total. The lowest BCUT2D eigenvalue weighted by molar-refractivity contribution is 0.0739. The van der Waals surface area contributed by atoms with Crippen molar-refractivity contribution in [2.24, 2.45) is 0 Å². The Morgan fingerprint density at radius 1 is 1.17 bits per heavy atom. The van der Waals surface area contributed by atoms with E-state index in [-0.39, 0.29) is 11.5 Å². The lowest BCUT2D eigenvalue weighted by atomic mass is 10.0. The van der Waals surface area contributed by atoms with Crippen LogP contribution in [0, 0.1) is 6.92 Å². The number of rotatable bonds is 5. The quantitative estimate of drug-likeness (QED) is 0.327. The predicted molar refractivity (Wildman–Crippen MR) is 111 cm³/mol. The van der Waals surface area contributed by atoms with Gasteiger partial charge in [-0.3, -0.25) is 4.79 Å². The average Bonchev–Trinajstić information content (AvgIpc) is 3.33. The number of allylic oxidation sites excluding steroid dienone is 1. The third kappa shape index (κ3) is 3.79. The Balaban J connectivity index is 1.63. The molecule has 2 heterocycles. The van der Waals surface area contributed by atoms with Gasteiger partial charge >= 0.3 is 5.97 Å². The van der Waals surface area contributed by atoms with Crippen molar-refractivity contribution in [3.8, 4) is 17.2 Å². The number of hydrogen-bond acceptors (Lipinski definition) is 6. The number of fused-ring (bicyclic) bond motifs is 1. The molecule has 0 spiro atoms. The number of aryl methyl sites for hydroxylation is 1. The maximum absolute atomic E-state index is 12.9. The number of carbonyl (C=O) groups excluding carboxylic acids is 2. The minimum absolute atomic E-state index is 0.206. The Hall–Kier alpha value is -3.38. The van der Waals surface area contributed by atoms with Gasteiger partial charge in [0, 0.05) is 11.6 Å². The summed E-state index contributed by atoms with van der Waals surface area (Å²) < 4.78 is 16.9. The molecular weight excluding hydrogens is 388 g/mol. The van der Waals surface area contributed by atoms with Gasteiger partial charge in [-0.2, -0.15) is 0 Å². The van der Waals surface area contributed by atoms with E-state index in [0.717, 1.165) is 5.56 Å². The first-order valence-corrected chi connectivity index (χ1v) is 10.0. The molecule has 1 aliphatic heterocycles. The van der Waals surface area contributed by atoms with E-state index >= 15 is 0 Å². The molecule has 0 amide bonds. The van der Waals surface area contributed by atoms with Crippen LogP contribution in [0.3, 0.4) is 0 Å². The monoisotopic (exact) mass is 406 g/mol. The Morgan fingerprint density at radius 3 is 2.76 bits per heavy atom. The molecule has 6 heteroatoms. The summed E-state index contributed by atoms with van der Waals surface area (Å²) in [5.41, 5.74) is 1.91. The van der Waals surface area contributed by atoms with Crippen LogP contribution in [-0.4, -0.2) is 18.4 Å². The number of para-hydroxylation sites is 1. The van der Waals surface area contributed by atoms with Gasteiger partial charge in [-0.1, -0.05) is 24.3 Å². The highest BCUT2D eigenvalue weighted by Gasteiger charge is 2.30. The molecule has 0 saturated carbocycles. The molecule has 2 aromatic carbocycles. The summed E-state index contributed by atoms with van der Waals surface area (Å²) >= 11 is 1.31. The zero-order valence-corrected chi connectivity index (χ0v) is 16.7. The fourth-order valence-corrected chi connectivity index (χ4v) is 3.72. The Morgan fingerprint density at radius 2 is 2.00 bits per heavy atom. The molecule has 0 bridgehead atoms. The molecule has 0 radical (unpaired) electrons. The molecule has 0 aliphatic carbocycles. The number of ether oxygens (including phenoxy) is 3. The first-order valence-electron chi connectivity index (χ1n) is 9.13. The van der Waals surface area contributed by atoms with E-state index in [2.05, 4.69) is 0 Å². The van der Waals surface area contributed by atoms with Crippen LogP contribution in [-0.2, 0) is 0 Å². The van der Waals surface area contributed by atoms with Gasteiger partial charge in [0.05, 0.1) is 12.2 Å². The summed E-state index contributed by atoms with van der Waals surface area (Å²) in [4.78, 5) is 25.6. The second kappa shape index (κ2) is 7.93. The van der Waals surface area contributed by atoms with Crippen molar-refractivity contribution in [3.05, 3.63) is 81.2 Å². The minimum Gasteiger partial charge on any atom is -0.493 e. The minimum atomic E-state index is -0.440. The summed E-state index contributed by atoms with van der Waals surface area (Å²) in [5.74, 6) is 0.951. The second-order valence-electron chi connectivity index (χ2n) is 6.39. The number of ketones is 1. The maximum Gasteiger partial charge on any atom is 0.353 e.